The third-order valence-corrected chi connectivity index (χ3v) is 4.96. The summed E-state index contributed by atoms with van der Waals surface area (Å²) in [6.45, 7) is 2.05. The lowest BCUT2D eigenvalue weighted by Gasteiger charge is -2.38. The molecular weight excluding hydrogens is 316 g/mol. The van der Waals surface area contributed by atoms with Crippen LogP contribution in [0.5, 0.6) is 5.75 Å². The van der Waals surface area contributed by atoms with E-state index in [1.807, 2.05) is 36.4 Å². The van der Waals surface area contributed by atoms with Gasteiger partial charge in [0, 0.05) is 32.2 Å². The van der Waals surface area contributed by atoms with Crippen molar-refractivity contribution in [2.75, 3.05) is 26.9 Å². The number of nitrogens with one attached hydrogen (secondary N) is 1. The lowest BCUT2D eigenvalue weighted by molar-refractivity contribution is -0.124. The van der Waals surface area contributed by atoms with Crippen molar-refractivity contribution in [3.8, 4) is 5.75 Å². The Morgan fingerprint density at radius 2 is 1.88 bits per heavy atom. The molecule has 1 aliphatic rings. The number of hydrogen-bond donors (Lipinski definition) is 1. The summed E-state index contributed by atoms with van der Waals surface area (Å²) >= 11 is 0. The van der Waals surface area contributed by atoms with Gasteiger partial charge in [0.05, 0.1) is 19.1 Å². The number of benzene rings is 1. The van der Waals surface area contributed by atoms with Gasteiger partial charge in [0.2, 0.25) is 5.91 Å². The second-order valence-corrected chi connectivity index (χ2v) is 6.55. The van der Waals surface area contributed by atoms with E-state index in [0.717, 1.165) is 25.0 Å². The van der Waals surface area contributed by atoms with Crippen LogP contribution in [0, 0.1) is 0 Å². The predicted molar refractivity (Wildman–Crippen MR) is 96.8 cm³/mol. The first-order chi connectivity index (χ1) is 12.2. The van der Waals surface area contributed by atoms with Crippen LogP contribution >= 0.6 is 0 Å². The fourth-order valence-electron chi connectivity index (χ4n) is 3.43. The van der Waals surface area contributed by atoms with Gasteiger partial charge in [-0.15, -0.1) is 0 Å². The fraction of sp³-hybridized carbons (Fsp3) is 0.450. The molecule has 0 spiro atoms. The molecule has 2 aromatic rings. The van der Waals surface area contributed by atoms with Crippen molar-refractivity contribution >= 4 is 5.91 Å². The summed E-state index contributed by atoms with van der Waals surface area (Å²) in [4.78, 5) is 12.5. The third kappa shape index (κ3) is 4.42. The smallest absolute Gasteiger partial charge is 0.222 e. The number of amides is 1. The lowest BCUT2D eigenvalue weighted by Crippen LogP contribution is -2.43. The van der Waals surface area contributed by atoms with E-state index in [1.54, 1.807) is 7.11 Å². The van der Waals surface area contributed by atoms with Crippen molar-refractivity contribution in [2.24, 2.45) is 0 Å². The monoisotopic (exact) mass is 342 g/mol. The zero-order chi connectivity index (χ0) is 17.5. The van der Waals surface area contributed by atoms with Gasteiger partial charge >= 0.3 is 0 Å². The summed E-state index contributed by atoms with van der Waals surface area (Å²) in [5.41, 5.74) is 1.03. The predicted octanol–water partition coefficient (Wildman–Crippen LogP) is 2.75. The van der Waals surface area contributed by atoms with Crippen LogP contribution in [-0.2, 0) is 21.5 Å². The third-order valence-electron chi connectivity index (χ3n) is 4.96. The SMILES string of the molecule is COc1ccc(CCNC(=O)CC2(n3cccc3)CCOCC2)cc1. The first kappa shape index (κ1) is 17.5. The summed E-state index contributed by atoms with van der Waals surface area (Å²) in [6.07, 6.45) is 7.15. The average Bonchev–Trinajstić information content (AvgIpc) is 3.18. The minimum atomic E-state index is -0.161. The molecule has 1 amide bonds. The maximum Gasteiger partial charge on any atom is 0.222 e. The van der Waals surface area contributed by atoms with Crippen LogP contribution < -0.4 is 10.1 Å². The van der Waals surface area contributed by atoms with Crippen LogP contribution in [0.3, 0.4) is 0 Å². The summed E-state index contributed by atoms with van der Waals surface area (Å²) in [5.74, 6) is 0.949. The van der Waals surface area contributed by atoms with Crippen molar-refractivity contribution in [2.45, 2.75) is 31.2 Å². The molecule has 0 unspecified atom stereocenters. The highest BCUT2D eigenvalue weighted by Gasteiger charge is 2.35. The molecule has 0 saturated carbocycles. The quantitative estimate of drug-likeness (QED) is 0.842. The Hall–Kier alpha value is -2.27. The minimum Gasteiger partial charge on any atom is -0.497 e. The summed E-state index contributed by atoms with van der Waals surface area (Å²) < 4.78 is 12.8. The van der Waals surface area contributed by atoms with Gasteiger partial charge in [0.25, 0.3) is 0 Å². The lowest BCUT2D eigenvalue weighted by atomic mass is 9.86. The van der Waals surface area contributed by atoms with Crippen molar-refractivity contribution in [1.29, 1.82) is 0 Å². The van der Waals surface area contributed by atoms with Crippen molar-refractivity contribution in [3.63, 3.8) is 0 Å². The molecule has 0 radical (unpaired) electrons. The highest BCUT2D eigenvalue weighted by atomic mass is 16.5. The van der Waals surface area contributed by atoms with Crippen LogP contribution in [0.25, 0.3) is 0 Å². The molecule has 0 aliphatic carbocycles. The van der Waals surface area contributed by atoms with Gasteiger partial charge in [0.1, 0.15) is 5.75 Å². The summed E-state index contributed by atoms with van der Waals surface area (Å²) in [7, 11) is 1.66. The number of rotatable bonds is 7. The number of nitrogens with zero attached hydrogens (tertiary/aromatic N) is 1. The van der Waals surface area contributed by atoms with E-state index in [9.17, 15) is 4.79 Å². The zero-order valence-electron chi connectivity index (χ0n) is 14.7. The highest BCUT2D eigenvalue weighted by Crippen LogP contribution is 2.32. The van der Waals surface area contributed by atoms with Crippen LogP contribution in [-0.4, -0.2) is 37.3 Å². The number of methoxy groups -OCH3 is 1. The Morgan fingerprint density at radius 1 is 1.20 bits per heavy atom. The largest absolute Gasteiger partial charge is 0.497 e. The van der Waals surface area contributed by atoms with Crippen LogP contribution in [0.2, 0.25) is 0 Å². The van der Waals surface area contributed by atoms with Crippen LogP contribution in [0.1, 0.15) is 24.8 Å². The maximum absolute atomic E-state index is 12.5. The molecule has 0 atom stereocenters. The van der Waals surface area contributed by atoms with E-state index in [2.05, 4.69) is 22.3 Å². The van der Waals surface area contributed by atoms with Crippen LogP contribution in [0.4, 0.5) is 0 Å². The number of ether oxygens (including phenoxy) is 2. The molecule has 0 bridgehead atoms. The molecular formula is C20H26N2O3. The van der Waals surface area contributed by atoms with Gasteiger partial charge in [-0.1, -0.05) is 12.1 Å². The Bertz CT molecular complexity index is 659. The second kappa shape index (κ2) is 8.21. The molecule has 1 saturated heterocycles. The standard InChI is InChI=1S/C20H26N2O3/c1-24-18-6-4-17(5-7-18)8-11-21-19(23)16-20(9-14-25-15-10-20)22-12-2-3-13-22/h2-7,12-13H,8-11,14-16H2,1H3,(H,21,23). The molecule has 5 heteroatoms. The Morgan fingerprint density at radius 3 is 2.52 bits per heavy atom. The van der Waals surface area contributed by atoms with E-state index in [-0.39, 0.29) is 11.4 Å². The number of hydrogen-bond acceptors (Lipinski definition) is 3. The molecule has 3 rings (SSSR count). The van der Waals surface area contributed by atoms with Gasteiger partial charge in [-0.25, -0.2) is 0 Å². The number of carbonyl (C=O) groups excluding carboxylic acids is 1. The number of aromatic nitrogens is 1. The molecule has 134 valence electrons. The Balaban J connectivity index is 1.53. The molecule has 1 fully saturated rings. The summed E-state index contributed by atoms with van der Waals surface area (Å²) in [6, 6.07) is 12.0. The summed E-state index contributed by atoms with van der Waals surface area (Å²) in [5, 5.41) is 3.07. The van der Waals surface area contributed by atoms with E-state index in [0.29, 0.717) is 26.2 Å². The van der Waals surface area contributed by atoms with E-state index in [1.165, 1.54) is 5.56 Å². The molecule has 1 aromatic heterocycles. The maximum atomic E-state index is 12.5. The normalized spacial score (nSPS) is 16.4. The van der Waals surface area contributed by atoms with Gasteiger partial charge in [-0.05, 0) is 49.1 Å². The van der Waals surface area contributed by atoms with E-state index < -0.39 is 0 Å². The van der Waals surface area contributed by atoms with Gasteiger partial charge < -0.3 is 19.4 Å². The molecule has 2 heterocycles. The van der Waals surface area contributed by atoms with E-state index in [4.69, 9.17) is 9.47 Å². The van der Waals surface area contributed by atoms with Crippen molar-refractivity contribution < 1.29 is 14.3 Å². The van der Waals surface area contributed by atoms with E-state index >= 15 is 0 Å². The minimum absolute atomic E-state index is 0.101. The highest BCUT2D eigenvalue weighted by molar-refractivity contribution is 5.77. The van der Waals surface area contributed by atoms with Crippen molar-refractivity contribution in [3.05, 3.63) is 54.4 Å². The van der Waals surface area contributed by atoms with Crippen molar-refractivity contribution in [1.82, 2.24) is 9.88 Å². The van der Waals surface area contributed by atoms with Gasteiger partial charge in [-0.3, -0.25) is 4.79 Å². The molecule has 25 heavy (non-hydrogen) atoms. The first-order valence-electron chi connectivity index (χ1n) is 8.83. The van der Waals surface area contributed by atoms with Gasteiger partial charge in [0.15, 0.2) is 0 Å². The molecule has 5 nitrogen and oxygen atoms in total. The topological polar surface area (TPSA) is 52.5 Å². The zero-order valence-corrected chi connectivity index (χ0v) is 14.7. The number of carbonyl (C=O) groups is 1. The van der Waals surface area contributed by atoms with Crippen LogP contribution in [0.15, 0.2) is 48.8 Å². The molecule has 1 aromatic carbocycles. The molecule has 1 N–H and O–H groups in total. The average molecular weight is 342 g/mol. The van der Waals surface area contributed by atoms with Gasteiger partial charge in [-0.2, -0.15) is 0 Å². The Kier molecular flexibility index (Phi) is 5.76. The second-order valence-electron chi connectivity index (χ2n) is 6.55. The molecule has 1 aliphatic heterocycles. The first-order valence-corrected chi connectivity index (χ1v) is 8.83. The fourth-order valence-corrected chi connectivity index (χ4v) is 3.43. The Labute approximate surface area is 148 Å².